The average molecular weight is 264 g/mol. The van der Waals surface area contributed by atoms with Crippen LogP contribution in [0.15, 0.2) is 5.38 Å². The standard InChI is InChI=1S/C9H10F2N2O3S/c10-7(11)8(16)13-9-12-5(4-17-9)2-1-3-6(14)15/h4,7H,1-3H2,(H,14,15)(H,12,13,16). The van der Waals surface area contributed by atoms with E-state index in [1.54, 1.807) is 5.38 Å². The number of carbonyl (C=O) groups is 2. The first kappa shape index (κ1) is 13.5. The first-order valence-electron chi connectivity index (χ1n) is 4.74. The Morgan fingerprint density at radius 2 is 2.24 bits per heavy atom. The highest BCUT2D eigenvalue weighted by Gasteiger charge is 2.16. The second-order valence-electron chi connectivity index (χ2n) is 3.18. The Kier molecular flexibility index (Phi) is 4.95. The number of carbonyl (C=O) groups excluding carboxylic acids is 1. The normalized spacial score (nSPS) is 10.5. The molecule has 0 aliphatic rings. The molecule has 0 unspecified atom stereocenters. The highest BCUT2D eigenvalue weighted by molar-refractivity contribution is 7.13. The summed E-state index contributed by atoms with van der Waals surface area (Å²) in [6, 6.07) is 0. The average Bonchev–Trinajstić information content (AvgIpc) is 2.65. The molecule has 0 bridgehead atoms. The molecule has 8 heteroatoms. The number of nitrogens with zero attached hydrogens (tertiary/aromatic N) is 1. The Morgan fingerprint density at radius 3 is 2.82 bits per heavy atom. The van der Waals surface area contributed by atoms with Gasteiger partial charge >= 0.3 is 12.4 Å². The molecule has 1 aromatic rings. The van der Waals surface area contributed by atoms with E-state index in [1.807, 2.05) is 5.32 Å². The number of carboxylic acids is 1. The summed E-state index contributed by atoms with van der Waals surface area (Å²) >= 11 is 1.03. The Bertz CT molecular complexity index is 409. The third kappa shape index (κ3) is 4.85. The molecular formula is C9H10F2N2O3S. The van der Waals surface area contributed by atoms with Crippen LogP contribution < -0.4 is 5.32 Å². The number of hydrogen-bond donors (Lipinski definition) is 2. The molecule has 0 aliphatic carbocycles. The smallest absolute Gasteiger partial charge is 0.315 e. The summed E-state index contributed by atoms with van der Waals surface area (Å²) in [7, 11) is 0. The van der Waals surface area contributed by atoms with Gasteiger partial charge in [0, 0.05) is 11.8 Å². The van der Waals surface area contributed by atoms with E-state index in [-0.39, 0.29) is 11.6 Å². The van der Waals surface area contributed by atoms with Crippen LogP contribution >= 0.6 is 11.3 Å². The fraction of sp³-hybridized carbons (Fsp3) is 0.444. The minimum atomic E-state index is -3.07. The van der Waals surface area contributed by atoms with Crippen LogP contribution in [-0.2, 0) is 16.0 Å². The summed E-state index contributed by atoms with van der Waals surface area (Å²) in [6.07, 6.45) is -2.19. The highest BCUT2D eigenvalue weighted by atomic mass is 32.1. The van der Waals surface area contributed by atoms with Crippen LogP contribution in [0, 0.1) is 0 Å². The van der Waals surface area contributed by atoms with Gasteiger partial charge in [-0.2, -0.15) is 8.78 Å². The second-order valence-corrected chi connectivity index (χ2v) is 4.04. The number of amides is 1. The van der Waals surface area contributed by atoms with Crippen molar-refractivity contribution >= 4 is 28.3 Å². The summed E-state index contributed by atoms with van der Waals surface area (Å²) in [5.74, 6) is -2.29. The summed E-state index contributed by atoms with van der Waals surface area (Å²) in [6.45, 7) is 0. The summed E-state index contributed by atoms with van der Waals surface area (Å²) < 4.78 is 23.8. The number of aryl methyl sites for hydroxylation is 1. The number of alkyl halides is 2. The molecule has 0 aliphatic heterocycles. The van der Waals surface area contributed by atoms with Crippen LogP contribution in [0.4, 0.5) is 13.9 Å². The number of hydrogen-bond acceptors (Lipinski definition) is 4. The minimum Gasteiger partial charge on any atom is -0.481 e. The third-order valence-corrected chi connectivity index (χ3v) is 2.61. The molecule has 94 valence electrons. The molecule has 0 aromatic carbocycles. The summed E-state index contributed by atoms with van der Waals surface area (Å²) in [5, 5.41) is 12.1. The molecule has 0 saturated carbocycles. The SMILES string of the molecule is O=C(O)CCCc1csc(NC(=O)C(F)F)n1. The Hall–Kier alpha value is -1.57. The lowest BCUT2D eigenvalue weighted by Crippen LogP contribution is -2.19. The van der Waals surface area contributed by atoms with Crippen molar-refractivity contribution in [1.82, 2.24) is 4.98 Å². The van der Waals surface area contributed by atoms with Crippen LogP contribution in [0.1, 0.15) is 18.5 Å². The van der Waals surface area contributed by atoms with Crippen LogP contribution in [0.5, 0.6) is 0 Å². The largest absolute Gasteiger partial charge is 0.481 e. The monoisotopic (exact) mass is 264 g/mol. The van der Waals surface area contributed by atoms with Crippen LogP contribution in [0.25, 0.3) is 0 Å². The van der Waals surface area contributed by atoms with Gasteiger partial charge < -0.3 is 5.11 Å². The van der Waals surface area contributed by atoms with Gasteiger partial charge in [0.15, 0.2) is 5.13 Å². The number of halogens is 2. The molecule has 1 heterocycles. The quantitative estimate of drug-likeness (QED) is 0.820. The van der Waals surface area contributed by atoms with Crippen molar-refractivity contribution in [3.8, 4) is 0 Å². The first-order valence-corrected chi connectivity index (χ1v) is 5.62. The predicted molar refractivity (Wildman–Crippen MR) is 57.3 cm³/mol. The van der Waals surface area contributed by atoms with Gasteiger partial charge in [0.25, 0.3) is 5.91 Å². The van der Waals surface area contributed by atoms with E-state index in [0.717, 1.165) is 11.3 Å². The van der Waals surface area contributed by atoms with E-state index in [1.165, 1.54) is 0 Å². The van der Waals surface area contributed by atoms with E-state index in [9.17, 15) is 18.4 Å². The first-order chi connectivity index (χ1) is 7.99. The third-order valence-electron chi connectivity index (χ3n) is 1.80. The lowest BCUT2D eigenvalue weighted by molar-refractivity contribution is -0.137. The fourth-order valence-corrected chi connectivity index (χ4v) is 1.81. The molecule has 1 rings (SSSR count). The number of nitrogens with one attached hydrogen (secondary N) is 1. The Labute approximate surface area is 99.5 Å². The van der Waals surface area contributed by atoms with Crippen molar-refractivity contribution in [3.05, 3.63) is 11.1 Å². The number of aliphatic carboxylic acids is 1. The van der Waals surface area contributed by atoms with Gasteiger partial charge in [-0.1, -0.05) is 0 Å². The topological polar surface area (TPSA) is 79.3 Å². The van der Waals surface area contributed by atoms with Gasteiger partial charge in [-0.3, -0.25) is 14.9 Å². The van der Waals surface area contributed by atoms with Gasteiger partial charge in [-0.05, 0) is 12.8 Å². The van der Waals surface area contributed by atoms with Crippen LogP contribution in [-0.4, -0.2) is 28.4 Å². The lowest BCUT2D eigenvalue weighted by atomic mass is 10.2. The van der Waals surface area contributed by atoms with Crippen molar-refractivity contribution in [3.63, 3.8) is 0 Å². The van der Waals surface area contributed by atoms with Gasteiger partial charge in [-0.25, -0.2) is 4.98 Å². The highest BCUT2D eigenvalue weighted by Crippen LogP contribution is 2.17. The molecule has 2 N–H and O–H groups in total. The van der Waals surface area contributed by atoms with Crippen molar-refractivity contribution in [2.24, 2.45) is 0 Å². The summed E-state index contributed by atoms with van der Waals surface area (Å²) in [5.41, 5.74) is 0.584. The maximum absolute atomic E-state index is 11.9. The number of anilines is 1. The number of aromatic nitrogens is 1. The van der Waals surface area contributed by atoms with E-state index in [2.05, 4.69) is 4.98 Å². The summed E-state index contributed by atoms with van der Waals surface area (Å²) in [4.78, 5) is 24.8. The minimum absolute atomic E-state index is 0.0241. The number of carboxylic acid groups (broad SMARTS) is 1. The molecule has 0 spiro atoms. The van der Waals surface area contributed by atoms with Gasteiger partial charge in [0.05, 0.1) is 5.69 Å². The van der Waals surface area contributed by atoms with Gasteiger partial charge in [0.2, 0.25) is 0 Å². The zero-order valence-corrected chi connectivity index (χ0v) is 9.47. The maximum atomic E-state index is 11.9. The van der Waals surface area contributed by atoms with E-state index < -0.39 is 18.3 Å². The van der Waals surface area contributed by atoms with Crippen molar-refractivity contribution in [2.75, 3.05) is 5.32 Å². The molecule has 0 fully saturated rings. The number of thiazole rings is 1. The molecule has 0 atom stereocenters. The van der Waals surface area contributed by atoms with Gasteiger partial charge in [0.1, 0.15) is 0 Å². The Balaban J connectivity index is 2.42. The van der Waals surface area contributed by atoms with Crippen molar-refractivity contribution in [1.29, 1.82) is 0 Å². The Morgan fingerprint density at radius 1 is 1.53 bits per heavy atom. The fourth-order valence-electron chi connectivity index (χ4n) is 1.06. The lowest BCUT2D eigenvalue weighted by Gasteiger charge is -1.98. The molecule has 1 amide bonds. The molecule has 17 heavy (non-hydrogen) atoms. The zero-order chi connectivity index (χ0) is 12.8. The molecule has 1 aromatic heterocycles. The van der Waals surface area contributed by atoms with E-state index >= 15 is 0 Å². The number of rotatable bonds is 6. The molecule has 0 saturated heterocycles. The van der Waals surface area contributed by atoms with Crippen LogP contribution in [0.3, 0.4) is 0 Å². The predicted octanol–water partition coefficient (Wildman–Crippen LogP) is 1.75. The van der Waals surface area contributed by atoms with Crippen molar-refractivity contribution in [2.45, 2.75) is 25.7 Å². The van der Waals surface area contributed by atoms with Crippen LogP contribution in [0.2, 0.25) is 0 Å². The second kappa shape index (κ2) is 6.24. The molecule has 0 radical (unpaired) electrons. The van der Waals surface area contributed by atoms with E-state index in [4.69, 9.17) is 5.11 Å². The van der Waals surface area contributed by atoms with Gasteiger partial charge in [-0.15, -0.1) is 11.3 Å². The molecule has 5 nitrogen and oxygen atoms in total. The van der Waals surface area contributed by atoms with E-state index in [0.29, 0.717) is 18.5 Å². The molecular weight excluding hydrogens is 254 g/mol. The van der Waals surface area contributed by atoms with Crippen molar-refractivity contribution < 1.29 is 23.5 Å². The zero-order valence-electron chi connectivity index (χ0n) is 8.65. The maximum Gasteiger partial charge on any atom is 0.315 e.